The van der Waals surface area contributed by atoms with Gasteiger partial charge in [-0.1, -0.05) is 176 Å². The molecular weight excluding hydrogens is 1160 g/mol. The van der Waals surface area contributed by atoms with Gasteiger partial charge in [0.05, 0.1) is 13.7 Å². The Morgan fingerprint density at radius 2 is 1.16 bits per heavy atom. The third-order valence-electron chi connectivity index (χ3n) is 15.7. The molecule has 10 heteroatoms. The molecule has 0 amide bonds. The first-order valence-corrected chi connectivity index (χ1v) is 26.2. The van der Waals surface area contributed by atoms with Crippen molar-refractivity contribution in [3.8, 4) is 62.6 Å². The van der Waals surface area contributed by atoms with Gasteiger partial charge in [0, 0.05) is 77.9 Å². The molecule has 7 nitrogen and oxygen atoms in total. The molecule has 0 saturated heterocycles. The molecule has 0 aliphatic carbocycles. The third kappa shape index (κ3) is 7.51. The summed E-state index contributed by atoms with van der Waals surface area (Å²) in [5.41, 5.74) is 11.5. The van der Waals surface area contributed by atoms with Crippen molar-refractivity contribution in [1.82, 2.24) is 9.55 Å². The summed E-state index contributed by atoms with van der Waals surface area (Å²) in [4.78, 5) is 8.62. The van der Waals surface area contributed by atoms with Crippen molar-refractivity contribution in [2.45, 2.75) is 26.2 Å². The second-order valence-electron chi connectivity index (χ2n) is 21.2. The predicted octanol–water partition coefficient (Wildman–Crippen LogP) is 13.2. The number of hydrogen-bond acceptors (Lipinski definition) is 6. The summed E-state index contributed by atoms with van der Waals surface area (Å²) in [6.45, 7) is 8.11. The minimum absolute atomic E-state index is 0. The van der Waals surface area contributed by atoms with Gasteiger partial charge in [0.25, 0.3) is 6.71 Å². The molecule has 10 aromatic carbocycles. The summed E-state index contributed by atoms with van der Waals surface area (Å²) >= 11 is 0. The molecule has 384 valence electrons. The number of para-hydroxylation sites is 3. The van der Waals surface area contributed by atoms with Gasteiger partial charge in [-0.15, -0.1) is 48.1 Å². The summed E-state index contributed by atoms with van der Waals surface area (Å²) in [6, 6.07) is 53.3. The maximum absolute atomic E-state index is 9.12. The van der Waals surface area contributed by atoms with Crippen LogP contribution in [0.25, 0.3) is 49.9 Å². The van der Waals surface area contributed by atoms with E-state index in [2.05, 4.69) is 110 Å². The van der Waals surface area contributed by atoms with Crippen LogP contribution in [-0.2, 0) is 26.5 Å². The van der Waals surface area contributed by atoms with Gasteiger partial charge < -0.3 is 28.6 Å². The van der Waals surface area contributed by atoms with Crippen LogP contribution in [0.4, 0.5) is 22.7 Å². The van der Waals surface area contributed by atoms with Crippen LogP contribution in [0.15, 0.2) is 224 Å². The summed E-state index contributed by atoms with van der Waals surface area (Å²) in [5.74, 6) is 4.82. The number of aromatic nitrogens is 2. The molecule has 0 N–H and O–H groups in total. The zero-order valence-corrected chi connectivity index (χ0v) is 45.4. The second kappa shape index (κ2) is 18.5. The van der Waals surface area contributed by atoms with Crippen LogP contribution >= 0.6 is 0 Å². The fourth-order valence-electron chi connectivity index (χ4n) is 12.2. The van der Waals surface area contributed by atoms with Crippen molar-refractivity contribution >= 4 is 90.8 Å². The van der Waals surface area contributed by atoms with Gasteiger partial charge in [-0.25, -0.2) is 4.98 Å². The Hall–Kier alpha value is -9.03. The minimum atomic E-state index is -0.572. The number of fused-ring (bicyclic) bond motifs is 4. The van der Waals surface area contributed by atoms with E-state index < -0.39 is 60.4 Å². The number of pyridine rings is 1. The molecule has 0 spiro atoms. The molecule has 80 heavy (non-hydrogen) atoms. The van der Waals surface area contributed by atoms with Crippen LogP contribution in [0.1, 0.15) is 40.0 Å². The molecule has 0 saturated carbocycles. The fraction of sp³-hybridized carbons (Fsp3) is 0.0571. The van der Waals surface area contributed by atoms with E-state index in [1.807, 2.05) is 71.8 Å². The molecule has 6 heterocycles. The molecule has 0 radical (unpaired) electrons. The quantitative estimate of drug-likeness (QED) is 0.112. The molecule has 0 unspecified atom stereocenters. The molecule has 4 aliphatic heterocycles. The van der Waals surface area contributed by atoms with E-state index in [4.69, 9.17) is 32.9 Å². The molecule has 4 aliphatic rings. The zero-order valence-electron chi connectivity index (χ0n) is 53.2. The van der Waals surface area contributed by atoms with Gasteiger partial charge in [0.1, 0.15) is 28.8 Å². The largest absolute Gasteiger partial charge is 0.509 e. The Morgan fingerprint density at radius 1 is 0.562 bits per heavy atom. The van der Waals surface area contributed by atoms with Crippen LogP contribution in [0, 0.1) is 18.8 Å². The number of anilines is 4. The number of benzene rings is 10. The second-order valence-corrected chi connectivity index (χ2v) is 21.2. The summed E-state index contributed by atoms with van der Waals surface area (Å²) in [7, 11) is 0. The van der Waals surface area contributed by atoms with Crippen LogP contribution < -0.4 is 56.8 Å². The van der Waals surface area contributed by atoms with E-state index in [1.54, 1.807) is 35.8 Å². The van der Waals surface area contributed by atoms with Crippen molar-refractivity contribution in [3.63, 3.8) is 0 Å². The van der Waals surface area contributed by atoms with Gasteiger partial charge in [-0.2, -0.15) is 12.1 Å². The van der Waals surface area contributed by atoms with Crippen LogP contribution in [0.3, 0.4) is 0 Å². The standard InChI is InChI=1S/C70H47B2N4O3.Pt/c1-70(2,3)46-37-38-73-65(39-46)76-57-36-33-47(71-55-25-14-29-61-66(55)72-67-56(71)26-15-30-62(67)79-64-32-16-31-63(78-61)68(64)72)40-54(57)53-35-34-50(42-60(53)76)77-49-22-12-21-48(41-49)74-43-75(59-28-11-10-27-58(59)74)69-51(44-17-6-4-7-18-44)23-13-24-52(69)45-19-8-5-9-20-45;/h4-40,43H,1-3H3;/q-3;/i4D,5D,6D,7D,8D,9D,17D,18D,19D,20D;. The average molecular weight is 1220 g/mol. The van der Waals surface area contributed by atoms with E-state index >= 15 is 0 Å². The summed E-state index contributed by atoms with van der Waals surface area (Å²) in [5, 5.41) is 1.94. The van der Waals surface area contributed by atoms with E-state index in [-0.39, 0.29) is 67.8 Å². The average Bonchev–Trinajstić information content (AvgIpc) is 0.785. The Labute approximate surface area is 494 Å². The molecular formula is C70H47B2N4O3Pt-3. The van der Waals surface area contributed by atoms with Crippen molar-refractivity contribution in [3.05, 3.63) is 249 Å². The Balaban J connectivity index is 0.00000676. The molecule has 0 bridgehead atoms. The van der Waals surface area contributed by atoms with Gasteiger partial charge in [-0.3, -0.25) is 0 Å². The molecule has 2 aromatic heterocycles. The Bertz CT molecular complexity index is 4900. The minimum Gasteiger partial charge on any atom is -0.509 e. The normalized spacial score (nSPS) is 15.1. The molecule has 0 fully saturated rings. The van der Waals surface area contributed by atoms with Crippen LogP contribution in [-0.4, -0.2) is 23.0 Å². The molecule has 16 rings (SSSR count). The Morgan fingerprint density at radius 3 is 1.82 bits per heavy atom. The first-order chi connectivity index (χ1) is 42.9. The van der Waals surface area contributed by atoms with Gasteiger partial charge in [0.2, 0.25) is 6.71 Å². The van der Waals surface area contributed by atoms with E-state index in [0.29, 0.717) is 28.6 Å². The Kier molecular flexibility index (Phi) is 8.93. The number of rotatable bonds is 8. The topological polar surface area (TPSA) is 52.0 Å². The monoisotopic (exact) mass is 1220 g/mol. The maximum atomic E-state index is 9.12. The third-order valence-corrected chi connectivity index (χ3v) is 15.7. The molecule has 12 aromatic rings. The van der Waals surface area contributed by atoms with E-state index in [0.717, 1.165) is 78.0 Å². The van der Waals surface area contributed by atoms with E-state index in [9.17, 15) is 0 Å². The van der Waals surface area contributed by atoms with E-state index in [1.165, 1.54) is 10.9 Å². The van der Waals surface area contributed by atoms with Gasteiger partial charge >= 0.3 is 0 Å². The first kappa shape index (κ1) is 38.5. The zero-order chi connectivity index (χ0) is 61.2. The SMILES string of the molecule is [2H]c1c([2H])c([2H])c(-c2cccc(-c3c([2H])c([2H])c([2H])c([2H])c3[2H])c2N2[CH-]N(c3[c-]c(Oc4[c-]c5c(cc4)c4cc(B6c7cccc8c7B7c9c(cccc9Oc9cccc6c97)O8)ccc4n5-c4cc(C(C)(C)C)ccn4)ccc3)c3ccccc32)c([2H])c1[2H].[Pt]. The van der Waals surface area contributed by atoms with Gasteiger partial charge in [0.15, 0.2) is 0 Å². The van der Waals surface area contributed by atoms with Crippen LogP contribution in [0.5, 0.6) is 34.5 Å². The predicted molar refractivity (Wildman–Crippen MR) is 323 cm³/mol. The smallest absolute Gasteiger partial charge is 0.259 e. The summed E-state index contributed by atoms with van der Waals surface area (Å²) < 4.78 is 110. The van der Waals surface area contributed by atoms with Crippen molar-refractivity contribution in [2.75, 3.05) is 9.80 Å². The number of ether oxygens (including phenoxy) is 3. The van der Waals surface area contributed by atoms with Gasteiger partial charge in [-0.05, 0) is 93.0 Å². The first-order valence-electron chi connectivity index (χ1n) is 31.2. The maximum Gasteiger partial charge on any atom is 0.259 e. The van der Waals surface area contributed by atoms with Crippen molar-refractivity contribution < 1.29 is 49.0 Å². The number of nitrogens with zero attached hydrogens (tertiary/aromatic N) is 4. The van der Waals surface area contributed by atoms with Crippen molar-refractivity contribution in [2.24, 2.45) is 0 Å². The number of hydrogen-bond donors (Lipinski definition) is 0. The van der Waals surface area contributed by atoms with Crippen molar-refractivity contribution in [1.29, 1.82) is 0 Å². The molecule has 0 atom stereocenters. The summed E-state index contributed by atoms with van der Waals surface area (Å²) in [6.07, 6.45) is 1.85. The fourth-order valence-corrected chi connectivity index (χ4v) is 12.2. The van der Waals surface area contributed by atoms with Crippen LogP contribution in [0.2, 0.25) is 0 Å².